The number of piperidine rings is 1. The highest BCUT2D eigenvalue weighted by molar-refractivity contribution is 5.78. The van der Waals surface area contributed by atoms with E-state index < -0.39 is 0 Å². The van der Waals surface area contributed by atoms with E-state index in [2.05, 4.69) is 27.1 Å². The molecule has 1 saturated heterocycles. The molecular weight excluding hydrogens is 317 g/mol. The Labute approximate surface area is 146 Å². The molecule has 1 unspecified atom stereocenters. The first kappa shape index (κ1) is 16.1. The molecule has 0 saturated carbocycles. The third kappa shape index (κ3) is 3.14. The van der Waals surface area contributed by atoms with E-state index in [1.54, 1.807) is 12.3 Å². The van der Waals surface area contributed by atoms with Gasteiger partial charge < -0.3 is 0 Å². The molecule has 5 nitrogen and oxygen atoms in total. The second-order valence-corrected chi connectivity index (χ2v) is 6.82. The number of likely N-dealkylation sites (tertiary alicyclic amines) is 1. The van der Waals surface area contributed by atoms with Crippen molar-refractivity contribution < 1.29 is 4.39 Å². The molecule has 4 heterocycles. The molecular formula is C19H22FN5. The van der Waals surface area contributed by atoms with E-state index in [1.807, 2.05) is 18.7 Å². The van der Waals surface area contributed by atoms with Crippen LogP contribution in [-0.4, -0.2) is 37.7 Å². The van der Waals surface area contributed by atoms with E-state index in [0.29, 0.717) is 18.2 Å². The minimum absolute atomic E-state index is 0.227. The van der Waals surface area contributed by atoms with Crippen LogP contribution < -0.4 is 0 Å². The monoisotopic (exact) mass is 339 g/mol. The fraction of sp³-hybridized carbons (Fsp3) is 0.421. The number of halogens is 1. The number of aryl methyl sites for hydroxylation is 2. The van der Waals surface area contributed by atoms with Crippen molar-refractivity contribution in [3.63, 3.8) is 0 Å². The molecule has 1 aliphatic heterocycles. The van der Waals surface area contributed by atoms with Gasteiger partial charge in [-0.05, 0) is 50.6 Å². The summed E-state index contributed by atoms with van der Waals surface area (Å²) in [5, 5.41) is 5.56. The fourth-order valence-corrected chi connectivity index (χ4v) is 3.73. The Morgan fingerprint density at radius 1 is 1.28 bits per heavy atom. The fourth-order valence-electron chi connectivity index (χ4n) is 3.73. The number of rotatable bonds is 3. The lowest BCUT2D eigenvalue weighted by Gasteiger charge is -2.32. The maximum absolute atomic E-state index is 13.9. The van der Waals surface area contributed by atoms with Crippen LogP contribution in [0.1, 0.15) is 35.8 Å². The predicted molar refractivity (Wildman–Crippen MR) is 94.7 cm³/mol. The summed E-state index contributed by atoms with van der Waals surface area (Å²) in [4.78, 5) is 11.3. The zero-order valence-corrected chi connectivity index (χ0v) is 14.6. The summed E-state index contributed by atoms with van der Waals surface area (Å²) in [5.74, 6) is 0.134. The molecule has 1 aliphatic rings. The van der Waals surface area contributed by atoms with Gasteiger partial charge in [0.15, 0.2) is 5.65 Å². The lowest BCUT2D eigenvalue weighted by Crippen LogP contribution is -2.34. The van der Waals surface area contributed by atoms with Gasteiger partial charge in [0.1, 0.15) is 5.82 Å². The van der Waals surface area contributed by atoms with Crippen LogP contribution in [0.25, 0.3) is 11.0 Å². The molecule has 25 heavy (non-hydrogen) atoms. The predicted octanol–water partition coefficient (Wildman–Crippen LogP) is 3.19. The Hall–Kier alpha value is -2.34. The lowest BCUT2D eigenvalue weighted by molar-refractivity contribution is 0.194. The first-order valence-corrected chi connectivity index (χ1v) is 8.74. The number of fused-ring (bicyclic) bond motifs is 1. The van der Waals surface area contributed by atoms with E-state index in [-0.39, 0.29) is 5.82 Å². The highest BCUT2D eigenvalue weighted by Crippen LogP contribution is 2.28. The lowest BCUT2D eigenvalue weighted by atomic mass is 9.94. The molecule has 0 spiro atoms. The second kappa shape index (κ2) is 6.52. The molecule has 0 bridgehead atoms. The van der Waals surface area contributed by atoms with E-state index >= 15 is 0 Å². The third-order valence-electron chi connectivity index (χ3n) is 5.02. The average Bonchev–Trinajstić information content (AvgIpc) is 2.91. The average molecular weight is 339 g/mol. The Kier molecular flexibility index (Phi) is 4.21. The summed E-state index contributed by atoms with van der Waals surface area (Å²) in [6.45, 7) is 4.41. The van der Waals surface area contributed by atoms with Crippen molar-refractivity contribution in [1.29, 1.82) is 0 Å². The Balaban J connectivity index is 1.55. The van der Waals surface area contributed by atoms with E-state index in [0.717, 1.165) is 48.4 Å². The Morgan fingerprint density at radius 3 is 3.00 bits per heavy atom. The van der Waals surface area contributed by atoms with Gasteiger partial charge in [-0.2, -0.15) is 5.10 Å². The van der Waals surface area contributed by atoms with Gasteiger partial charge in [-0.15, -0.1) is 0 Å². The molecule has 0 aromatic carbocycles. The maximum Gasteiger partial charge on any atom is 0.158 e. The molecule has 0 amide bonds. The highest BCUT2D eigenvalue weighted by Gasteiger charge is 2.24. The summed E-state index contributed by atoms with van der Waals surface area (Å²) in [5.41, 5.74) is 3.56. The molecule has 4 rings (SSSR count). The minimum atomic E-state index is -0.227. The topological polar surface area (TPSA) is 46.8 Å². The zero-order chi connectivity index (χ0) is 17.4. The van der Waals surface area contributed by atoms with Crippen LogP contribution in [0.5, 0.6) is 0 Å². The zero-order valence-electron chi connectivity index (χ0n) is 14.6. The molecule has 3 aromatic rings. The van der Waals surface area contributed by atoms with Crippen molar-refractivity contribution in [3.05, 3.63) is 53.4 Å². The summed E-state index contributed by atoms with van der Waals surface area (Å²) in [6.07, 6.45) is 3.85. The van der Waals surface area contributed by atoms with Gasteiger partial charge in [0.2, 0.25) is 0 Å². The van der Waals surface area contributed by atoms with Crippen molar-refractivity contribution in [2.75, 3.05) is 13.1 Å². The minimum Gasteiger partial charge on any atom is -0.297 e. The van der Waals surface area contributed by atoms with Gasteiger partial charge in [0, 0.05) is 43.3 Å². The molecule has 130 valence electrons. The van der Waals surface area contributed by atoms with Gasteiger partial charge in [0.05, 0.1) is 11.4 Å². The third-order valence-corrected chi connectivity index (χ3v) is 5.02. The van der Waals surface area contributed by atoms with Gasteiger partial charge >= 0.3 is 0 Å². The Morgan fingerprint density at radius 2 is 2.16 bits per heavy atom. The summed E-state index contributed by atoms with van der Waals surface area (Å²) in [6, 6.07) is 7.35. The SMILES string of the molecule is Cc1nn(C)c2nc(C3CCCN(Cc4ncccc4F)C3)ccc12. The maximum atomic E-state index is 13.9. The summed E-state index contributed by atoms with van der Waals surface area (Å²) < 4.78 is 15.7. The van der Waals surface area contributed by atoms with E-state index in [4.69, 9.17) is 4.98 Å². The van der Waals surface area contributed by atoms with Crippen LogP contribution in [0.4, 0.5) is 4.39 Å². The quantitative estimate of drug-likeness (QED) is 0.735. The Bertz CT molecular complexity index is 904. The number of pyridine rings is 2. The number of hydrogen-bond acceptors (Lipinski definition) is 4. The molecule has 3 aromatic heterocycles. The molecule has 6 heteroatoms. The summed E-state index contributed by atoms with van der Waals surface area (Å²) >= 11 is 0. The van der Waals surface area contributed by atoms with E-state index in [9.17, 15) is 4.39 Å². The van der Waals surface area contributed by atoms with Crippen molar-refractivity contribution in [2.24, 2.45) is 7.05 Å². The van der Waals surface area contributed by atoms with E-state index in [1.165, 1.54) is 6.07 Å². The van der Waals surface area contributed by atoms with Crippen molar-refractivity contribution in [1.82, 2.24) is 24.6 Å². The van der Waals surface area contributed by atoms with Crippen molar-refractivity contribution in [2.45, 2.75) is 32.2 Å². The molecule has 1 fully saturated rings. The van der Waals surface area contributed by atoms with Gasteiger partial charge in [-0.25, -0.2) is 9.37 Å². The van der Waals surface area contributed by atoms with Crippen LogP contribution in [-0.2, 0) is 13.6 Å². The van der Waals surface area contributed by atoms with Crippen LogP contribution in [0, 0.1) is 12.7 Å². The van der Waals surface area contributed by atoms with Crippen LogP contribution in [0.3, 0.4) is 0 Å². The number of aromatic nitrogens is 4. The molecule has 1 atom stereocenters. The first-order valence-electron chi connectivity index (χ1n) is 8.74. The molecule has 0 N–H and O–H groups in total. The first-order chi connectivity index (χ1) is 12.1. The largest absolute Gasteiger partial charge is 0.297 e. The van der Waals surface area contributed by atoms with Crippen LogP contribution in [0.15, 0.2) is 30.5 Å². The smallest absolute Gasteiger partial charge is 0.158 e. The van der Waals surface area contributed by atoms with Gasteiger partial charge in [-0.3, -0.25) is 14.6 Å². The number of nitrogens with zero attached hydrogens (tertiary/aromatic N) is 5. The highest BCUT2D eigenvalue weighted by atomic mass is 19.1. The summed E-state index contributed by atoms with van der Waals surface area (Å²) in [7, 11) is 1.93. The molecule has 0 radical (unpaired) electrons. The van der Waals surface area contributed by atoms with Crippen LogP contribution in [0.2, 0.25) is 0 Å². The van der Waals surface area contributed by atoms with Crippen molar-refractivity contribution in [3.8, 4) is 0 Å². The standard InChI is InChI=1S/C19H22FN5/c1-13-15-7-8-17(22-19(15)24(2)23-13)14-5-4-10-25(11-14)12-18-16(20)6-3-9-21-18/h3,6-9,14H,4-5,10-12H2,1-2H3. The van der Waals surface area contributed by atoms with Gasteiger partial charge in [0.25, 0.3) is 0 Å². The normalized spacial score (nSPS) is 18.8. The molecule has 0 aliphatic carbocycles. The van der Waals surface area contributed by atoms with Crippen molar-refractivity contribution >= 4 is 11.0 Å². The number of hydrogen-bond donors (Lipinski definition) is 0. The van der Waals surface area contributed by atoms with Gasteiger partial charge in [-0.1, -0.05) is 0 Å². The van der Waals surface area contributed by atoms with Crippen LogP contribution >= 0.6 is 0 Å². The second-order valence-electron chi connectivity index (χ2n) is 6.82.